The molecule has 0 aromatic carbocycles. The third-order valence-corrected chi connectivity index (χ3v) is 3.59. The molecule has 0 radical (unpaired) electrons. The molecule has 0 N–H and O–H groups in total. The minimum absolute atomic E-state index is 0.370. The van der Waals surface area contributed by atoms with Crippen LogP contribution in [0.4, 0.5) is 0 Å². The van der Waals surface area contributed by atoms with Crippen LogP contribution in [0.15, 0.2) is 0 Å². The highest BCUT2D eigenvalue weighted by Gasteiger charge is 2.25. The molecule has 2 heteroatoms. The van der Waals surface area contributed by atoms with E-state index in [-0.39, 0.29) is 0 Å². The summed E-state index contributed by atoms with van der Waals surface area (Å²) in [5.74, 6) is 0. The van der Waals surface area contributed by atoms with Crippen LogP contribution in [0.1, 0.15) is 84.5 Å². The van der Waals surface area contributed by atoms with E-state index in [2.05, 4.69) is 13.8 Å². The second kappa shape index (κ2) is 9.90. The van der Waals surface area contributed by atoms with E-state index in [9.17, 15) is 0 Å². The van der Waals surface area contributed by atoms with Gasteiger partial charge in [-0.15, -0.1) is 0 Å². The lowest BCUT2D eigenvalue weighted by atomic mass is 10.0. The number of hydrogen-bond acceptors (Lipinski definition) is 2. The summed E-state index contributed by atoms with van der Waals surface area (Å²) in [6.07, 6.45) is 15.0. The molecule has 1 fully saturated rings. The molecule has 0 aliphatic carbocycles. The van der Waals surface area contributed by atoms with Gasteiger partial charge in [-0.05, 0) is 12.8 Å². The van der Waals surface area contributed by atoms with Crippen molar-refractivity contribution in [1.82, 2.24) is 0 Å². The van der Waals surface area contributed by atoms with E-state index >= 15 is 0 Å². The zero-order valence-corrected chi connectivity index (χ0v) is 11.7. The molecule has 1 aliphatic heterocycles. The summed E-state index contributed by atoms with van der Waals surface area (Å²) in [5, 5.41) is 0. The first-order valence-electron chi connectivity index (χ1n) is 7.69. The Balaban J connectivity index is 1.87. The molecule has 2 atom stereocenters. The van der Waals surface area contributed by atoms with Crippen LogP contribution in [0.5, 0.6) is 0 Å². The van der Waals surface area contributed by atoms with Gasteiger partial charge in [0.1, 0.15) is 0 Å². The second-order valence-corrected chi connectivity index (χ2v) is 5.37. The van der Waals surface area contributed by atoms with E-state index in [0.29, 0.717) is 12.2 Å². The second-order valence-electron chi connectivity index (χ2n) is 5.37. The average Bonchev–Trinajstić information content (AvgIpc) is 2.76. The summed E-state index contributed by atoms with van der Waals surface area (Å²) in [4.78, 5) is 10.7. The van der Waals surface area contributed by atoms with Crippen molar-refractivity contribution in [3.05, 3.63) is 0 Å². The highest BCUT2D eigenvalue weighted by atomic mass is 17.2. The van der Waals surface area contributed by atoms with E-state index in [1.165, 1.54) is 57.8 Å². The van der Waals surface area contributed by atoms with Crippen molar-refractivity contribution in [3.63, 3.8) is 0 Å². The Bertz CT molecular complexity index is 170. The maximum Gasteiger partial charge on any atom is 0.0956 e. The van der Waals surface area contributed by atoms with Crippen LogP contribution in [0.2, 0.25) is 0 Å². The highest BCUT2D eigenvalue weighted by Crippen LogP contribution is 2.24. The molecule has 1 aliphatic rings. The average molecular weight is 242 g/mol. The van der Waals surface area contributed by atoms with E-state index in [0.717, 1.165) is 12.8 Å². The molecule has 0 aromatic heterocycles. The Morgan fingerprint density at radius 2 is 1.29 bits per heavy atom. The summed E-state index contributed by atoms with van der Waals surface area (Å²) in [5.41, 5.74) is 0. The van der Waals surface area contributed by atoms with E-state index < -0.39 is 0 Å². The minimum atomic E-state index is 0.370. The lowest BCUT2D eigenvalue weighted by molar-refractivity contribution is -0.297. The first-order valence-corrected chi connectivity index (χ1v) is 7.69. The van der Waals surface area contributed by atoms with Gasteiger partial charge in [-0.3, -0.25) is 0 Å². The molecular formula is C15H30O2. The van der Waals surface area contributed by atoms with Gasteiger partial charge in [0.05, 0.1) is 12.2 Å². The lowest BCUT2D eigenvalue weighted by Crippen LogP contribution is -2.07. The monoisotopic (exact) mass is 242 g/mol. The van der Waals surface area contributed by atoms with Gasteiger partial charge in [0.15, 0.2) is 0 Å². The fourth-order valence-electron chi connectivity index (χ4n) is 2.51. The van der Waals surface area contributed by atoms with Crippen LogP contribution in [-0.2, 0) is 9.78 Å². The van der Waals surface area contributed by atoms with Gasteiger partial charge >= 0.3 is 0 Å². The van der Waals surface area contributed by atoms with Crippen molar-refractivity contribution in [3.8, 4) is 0 Å². The molecule has 0 aromatic rings. The Morgan fingerprint density at radius 1 is 0.706 bits per heavy atom. The molecular weight excluding hydrogens is 212 g/mol. The van der Waals surface area contributed by atoms with Gasteiger partial charge < -0.3 is 0 Å². The molecule has 1 saturated heterocycles. The van der Waals surface area contributed by atoms with E-state index in [1.54, 1.807) is 0 Å². The SMILES string of the molecule is CCCCCCCCCC1CC(CCC)OO1. The van der Waals surface area contributed by atoms with Gasteiger partial charge in [-0.25, -0.2) is 9.78 Å². The van der Waals surface area contributed by atoms with Gasteiger partial charge in [0.25, 0.3) is 0 Å². The van der Waals surface area contributed by atoms with Crippen LogP contribution in [-0.4, -0.2) is 12.2 Å². The molecule has 2 nitrogen and oxygen atoms in total. The third-order valence-electron chi connectivity index (χ3n) is 3.59. The van der Waals surface area contributed by atoms with Crippen LogP contribution in [0.3, 0.4) is 0 Å². The normalized spacial score (nSPS) is 24.4. The Morgan fingerprint density at radius 3 is 1.94 bits per heavy atom. The highest BCUT2D eigenvalue weighted by molar-refractivity contribution is 4.69. The maximum absolute atomic E-state index is 5.36. The van der Waals surface area contributed by atoms with Crippen molar-refractivity contribution in [2.45, 2.75) is 96.7 Å². The third kappa shape index (κ3) is 7.05. The first kappa shape index (κ1) is 15.0. The predicted octanol–water partition coefficient (Wildman–Crippen LogP) is 5.02. The topological polar surface area (TPSA) is 18.5 Å². The summed E-state index contributed by atoms with van der Waals surface area (Å²) < 4.78 is 0. The molecule has 0 bridgehead atoms. The number of rotatable bonds is 10. The van der Waals surface area contributed by atoms with Crippen molar-refractivity contribution in [2.24, 2.45) is 0 Å². The molecule has 102 valence electrons. The van der Waals surface area contributed by atoms with Crippen LogP contribution in [0, 0.1) is 0 Å². The maximum atomic E-state index is 5.36. The number of unbranched alkanes of at least 4 members (excludes halogenated alkanes) is 6. The standard InChI is InChI=1S/C15H30O2/c1-3-5-6-7-8-9-10-12-15-13-14(11-4-2)16-17-15/h14-15H,3-13H2,1-2H3. The van der Waals surface area contributed by atoms with E-state index in [1.807, 2.05) is 0 Å². The van der Waals surface area contributed by atoms with Crippen molar-refractivity contribution in [1.29, 1.82) is 0 Å². The smallest absolute Gasteiger partial charge is 0.0956 e. The predicted molar refractivity (Wildman–Crippen MR) is 71.9 cm³/mol. The molecule has 1 heterocycles. The largest absolute Gasteiger partial charge is 0.233 e. The Labute approximate surface area is 107 Å². The van der Waals surface area contributed by atoms with Crippen molar-refractivity contribution in [2.75, 3.05) is 0 Å². The van der Waals surface area contributed by atoms with Crippen LogP contribution < -0.4 is 0 Å². The van der Waals surface area contributed by atoms with E-state index in [4.69, 9.17) is 9.78 Å². The molecule has 0 spiro atoms. The lowest BCUT2D eigenvalue weighted by Gasteiger charge is -2.06. The summed E-state index contributed by atoms with van der Waals surface area (Å²) >= 11 is 0. The quantitative estimate of drug-likeness (QED) is 0.396. The van der Waals surface area contributed by atoms with Crippen LogP contribution in [0.25, 0.3) is 0 Å². The fourth-order valence-corrected chi connectivity index (χ4v) is 2.51. The fraction of sp³-hybridized carbons (Fsp3) is 1.00. The van der Waals surface area contributed by atoms with Crippen LogP contribution >= 0.6 is 0 Å². The summed E-state index contributed by atoms with van der Waals surface area (Å²) in [7, 11) is 0. The molecule has 0 saturated carbocycles. The first-order chi connectivity index (χ1) is 8.36. The Hall–Kier alpha value is -0.0800. The van der Waals surface area contributed by atoms with Crippen molar-refractivity contribution < 1.29 is 9.78 Å². The number of hydrogen-bond donors (Lipinski definition) is 0. The zero-order chi connectivity index (χ0) is 12.3. The molecule has 2 unspecified atom stereocenters. The van der Waals surface area contributed by atoms with Gasteiger partial charge in [0.2, 0.25) is 0 Å². The zero-order valence-electron chi connectivity index (χ0n) is 11.7. The molecule has 17 heavy (non-hydrogen) atoms. The summed E-state index contributed by atoms with van der Waals surface area (Å²) in [6.45, 7) is 4.47. The van der Waals surface area contributed by atoms with Crippen molar-refractivity contribution >= 4 is 0 Å². The van der Waals surface area contributed by atoms with Gasteiger partial charge in [-0.1, -0.05) is 65.2 Å². The Kier molecular flexibility index (Phi) is 8.72. The summed E-state index contributed by atoms with van der Waals surface area (Å²) in [6, 6.07) is 0. The minimum Gasteiger partial charge on any atom is -0.233 e. The van der Waals surface area contributed by atoms with Gasteiger partial charge in [-0.2, -0.15) is 0 Å². The van der Waals surface area contributed by atoms with Gasteiger partial charge in [0, 0.05) is 6.42 Å². The molecule has 0 amide bonds. The molecule has 1 rings (SSSR count).